The Morgan fingerprint density at radius 2 is 1.85 bits per heavy atom. The standard InChI is InChI=1S/C18H21FN4O3S/c1-13-11-15(19)3-5-17(13)27(25,26)21-18-6-4-16(12-20-18)23-9-7-22(8-10-23)14(2)24/h3-6,11-12H,7-10H2,1-2H3,(H,20,21). The maximum atomic E-state index is 13.2. The van der Waals surface area contributed by atoms with Crippen molar-refractivity contribution in [1.29, 1.82) is 0 Å². The normalized spacial score (nSPS) is 14.9. The summed E-state index contributed by atoms with van der Waals surface area (Å²) in [5, 5.41) is 0. The minimum Gasteiger partial charge on any atom is -0.367 e. The van der Waals surface area contributed by atoms with Gasteiger partial charge in [0.1, 0.15) is 11.6 Å². The molecule has 0 atom stereocenters. The number of pyridine rings is 1. The van der Waals surface area contributed by atoms with E-state index in [1.807, 2.05) is 0 Å². The number of hydrogen-bond donors (Lipinski definition) is 1. The fourth-order valence-corrected chi connectivity index (χ4v) is 4.26. The summed E-state index contributed by atoms with van der Waals surface area (Å²) in [6.07, 6.45) is 1.60. The molecular formula is C18H21FN4O3S. The van der Waals surface area contributed by atoms with Crippen molar-refractivity contribution in [2.75, 3.05) is 35.8 Å². The average Bonchev–Trinajstić information content (AvgIpc) is 2.62. The summed E-state index contributed by atoms with van der Waals surface area (Å²) < 4.78 is 40.6. The van der Waals surface area contributed by atoms with Gasteiger partial charge in [-0.2, -0.15) is 0 Å². The molecule has 9 heteroatoms. The van der Waals surface area contributed by atoms with E-state index >= 15 is 0 Å². The van der Waals surface area contributed by atoms with Gasteiger partial charge in [0, 0.05) is 33.1 Å². The van der Waals surface area contributed by atoms with Crippen molar-refractivity contribution in [3.05, 3.63) is 47.9 Å². The third-order valence-electron chi connectivity index (χ3n) is 4.50. The number of benzene rings is 1. The lowest BCUT2D eigenvalue weighted by Gasteiger charge is -2.35. The maximum Gasteiger partial charge on any atom is 0.263 e. The Kier molecular flexibility index (Phi) is 5.31. The van der Waals surface area contributed by atoms with Crippen LogP contribution in [0.1, 0.15) is 12.5 Å². The first-order valence-corrected chi connectivity index (χ1v) is 10.00. The van der Waals surface area contributed by atoms with Gasteiger partial charge in [-0.15, -0.1) is 0 Å². The summed E-state index contributed by atoms with van der Waals surface area (Å²) in [6.45, 7) is 5.78. The Balaban J connectivity index is 1.70. The van der Waals surface area contributed by atoms with E-state index in [1.165, 1.54) is 19.1 Å². The number of anilines is 2. The molecule has 1 N–H and O–H groups in total. The van der Waals surface area contributed by atoms with Crippen molar-refractivity contribution in [3.63, 3.8) is 0 Å². The molecule has 0 radical (unpaired) electrons. The van der Waals surface area contributed by atoms with E-state index in [2.05, 4.69) is 14.6 Å². The highest BCUT2D eigenvalue weighted by Crippen LogP contribution is 2.21. The Morgan fingerprint density at radius 3 is 2.41 bits per heavy atom. The zero-order chi connectivity index (χ0) is 19.6. The minimum absolute atomic E-state index is 0.00938. The molecule has 0 spiro atoms. The highest BCUT2D eigenvalue weighted by molar-refractivity contribution is 7.92. The fourth-order valence-electron chi connectivity index (χ4n) is 3.02. The van der Waals surface area contributed by atoms with Crippen LogP contribution in [-0.4, -0.2) is 50.4 Å². The lowest BCUT2D eigenvalue weighted by molar-refractivity contribution is -0.129. The first kappa shape index (κ1) is 19.1. The molecule has 27 heavy (non-hydrogen) atoms. The van der Waals surface area contributed by atoms with E-state index in [0.29, 0.717) is 31.7 Å². The topological polar surface area (TPSA) is 82.6 Å². The highest BCUT2D eigenvalue weighted by Gasteiger charge is 2.20. The molecule has 1 fully saturated rings. The van der Waals surface area contributed by atoms with Crippen molar-refractivity contribution < 1.29 is 17.6 Å². The van der Waals surface area contributed by atoms with Crippen molar-refractivity contribution in [3.8, 4) is 0 Å². The summed E-state index contributed by atoms with van der Waals surface area (Å²) in [5.41, 5.74) is 1.18. The number of sulfonamides is 1. The number of aryl methyl sites for hydroxylation is 1. The van der Waals surface area contributed by atoms with Crippen LogP contribution in [0.15, 0.2) is 41.4 Å². The Bertz CT molecular complexity index is 940. The number of nitrogens with one attached hydrogen (secondary N) is 1. The molecule has 2 heterocycles. The number of amides is 1. The molecule has 0 aliphatic carbocycles. The molecule has 2 aromatic rings. The van der Waals surface area contributed by atoms with Crippen LogP contribution < -0.4 is 9.62 Å². The van der Waals surface area contributed by atoms with Crippen LogP contribution in [0.4, 0.5) is 15.9 Å². The van der Waals surface area contributed by atoms with Crippen LogP contribution in [0.3, 0.4) is 0 Å². The van der Waals surface area contributed by atoms with E-state index in [0.717, 1.165) is 11.8 Å². The van der Waals surface area contributed by atoms with Gasteiger partial charge < -0.3 is 9.80 Å². The van der Waals surface area contributed by atoms with Crippen molar-refractivity contribution in [2.24, 2.45) is 0 Å². The molecule has 1 aromatic heterocycles. The quantitative estimate of drug-likeness (QED) is 0.861. The van der Waals surface area contributed by atoms with E-state index in [4.69, 9.17) is 0 Å². The van der Waals surface area contributed by atoms with E-state index in [1.54, 1.807) is 30.2 Å². The molecule has 144 valence electrons. The zero-order valence-electron chi connectivity index (χ0n) is 15.1. The average molecular weight is 392 g/mol. The predicted molar refractivity (Wildman–Crippen MR) is 101 cm³/mol. The van der Waals surface area contributed by atoms with Gasteiger partial charge in [-0.3, -0.25) is 9.52 Å². The van der Waals surface area contributed by atoms with Crippen LogP contribution in [0.5, 0.6) is 0 Å². The number of aromatic nitrogens is 1. The summed E-state index contributed by atoms with van der Waals surface area (Å²) in [7, 11) is -3.85. The zero-order valence-corrected chi connectivity index (χ0v) is 16.0. The van der Waals surface area contributed by atoms with Gasteiger partial charge in [-0.1, -0.05) is 0 Å². The first-order chi connectivity index (χ1) is 12.8. The highest BCUT2D eigenvalue weighted by atomic mass is 32.2. The third kappa shape index (κ3) is 4.36. The van der Waals surface area contributed by atoms with E-state index in [-0.39, 0.29) is 16.6 Å². The molecule has 0 bridgehead atoms. The molecule has 1 saturated heterocycles. The van der Waals surface area contributed by atoms with E-state index in [9.17, 15) is 17.6 Å². The summed E-state index contributed by atoms with van der Waals surface area (Å²) >= 11 is 0. The summed E-state index contributed by atoms with van der Waals surface area (Å²) in [5.74, 6) is -0.239. The number of carbonyl (C=O) groups excluding carboxylic acids is 1. The number of halogens is 1. The van der Waals surface area contributed by atoms with Crippen LogP contribution in [0.25, 0.3) is 0 Å². The monoisotopic (exact) mass is 392 g/mol. The Morgan fingerprint density at radius 1 is 1.15 bits per heavy atom. The van der Waals surface area contributed by atoms with Gasteiger partial charge in [-0.05, 0) is 42.8 Å². The second-order valence-corrected chi connectivity index (χ2v) is 8.06. The SMILES string of the molecule is CC(=O)N1CCN(c2ccc(NS(=O)(=O)c3ccc(F)cc3C)nc2)CC1. The van der Waals surface area contributed by atoms with Crippen molar-refractivity contribution in [2.45, 2.75) is 18.7 Å². The largest absolute Gasteiger partial charge is 0.367 e. The smallest absolute Gasteiger partial charge is 0.263 e. The van der Waals surface area contributed by atoms with Gasteiger partial charge in [0.05, 0.1) is 16.8 Å². The van der Waals surface area contributed by atoms with Crippen molar-refractivity contribution >= 4 is 27.4 Å². The lowest BCUT2D eigenvalue weighted by atomic mass is 10.2. The maximum absolute atomic E-state index is 13.2. The molecule has 1 aromatic carbocycles. The van der Waals surface area contributed by atoms with Crippen LogP contribution in [0, 0.1) is 12.7 Å². The first-order valence-electron chi connectivity index (χ1n) is 8.52. The van der Waals surface area contributed by atoms with Gasteiger partial charge in [-0.25, -0.2) is 17.8 Å². The molecule has 1 aliphatic heterocycles. The van der Waals surface area contributed by atoms with Crippen molar-refractivity contribution in [1.82, 2.24) is 9.88 Å². The summed E-state index contributed by atoms with van der Waals surface area (Å²) in [4.78, 5) is 19.5. The molecule has 3 rings (SSSR count). The Hall–Kier alpha value is -2.68. The van der Waals surface area contributed by atoms with Gasteiger partial charge >= 0.3 is 0 Å². The van der Waals surface area contributed by atoms with Crippen LogP contribution >= 0.6 is 0 Å². The molecule has 0 unspecified atom stereocenters. The van der Waals surface area contributed by atoms with Gasteiger partial charge in [0.15, 0.2) is 0 Å². The van der Waals surface area contributed by atoms with E-state index < -0.39 is 15.8 Å². The predicted octanol–water partition coefficient (Wildman–Crippen LogP) is 2.00. The number of nitrogens with zero attached hydrogens (tertiary/aromatic N) is 3. The Labute approximate surface area is 157 Å². The summed E-state index contributed by atoms with van der Waals surface area (Å²) in [6, 6.07) is 6.88. The number of piperazine rings is 1. The number of hydrogen-bond acceptors (Lipinski definition) is 5. The van der Waals surface area contributed by atoms with Crippen LogP contribution in [0.2, 0.25) is 0 Å². The third-order valence-corrected chi connectivity index (χ3v) is 6.02. The molecule has 1 amide bonds. The van der Waals surface area contributed by atoms with Gasteiger partial charge in [0.25, 0.3) is 10.0 Å². The second kappa shape index (κ2) is 7.51. The molecule has 7 nitrogen and oxygen atoms in total. The molecular weight excluding hydrogens is 371 g/mol. The second-order valence-electron chi connectivity index (χ2n) is 6.41. The van der Waals surface area contributed by atoms with Gasteiger partial charge in [0.2, 0.25) is 5.91 Å². The molecule has 0 saturated carbocycles. The minimum atomic E-state index is -3.85. The number of rotatable bonds is 4. The molecule has 1 aliphatic rings. The number of carbonyl (C=O) groups is 1. The fraction of sp³-hybridized carbons (Fsp3) is 0.333. The lowest BCUT2D eigenvalue weighted by Crippen LogP contribution is -2.48. The van der Waals surface area contributed by atoms with Crippen LogP contribution in [-0.2, 0) is 14.8 Å².